The highest BCUT2D eigenvalue weighted by molar-refractivity contribution is 9.28. The Morgan fingerprint density at radius 2 is 1.76 bits per heavy atom. The van der Waals surface area contributed by atoms with Crippen molar-refractivity contribution in [3.05, 3.63) is 33.2 Å². The summed E-state index contributed by atoms with van der Waals surface area (Å²) in [7, 11) is -1.39. The van der Waals surface area contributed by atoms with Gasteiger partial charge >= 0.3 is 0 Å². The average molecular weight is 430 g/mol. The summed E-state index contributed by atoms with van der Waals surface area (Å²) in [4.78, 5) is 0. The van der Waals surface area contributed by atoms with Gasteiger partial charge in [0, 0.05) is 0 Å². The molecule has 1 nitrogen and oxygen atoms in total. The summed E-state index contributed by atoms with van der Waals surface area (Å²) >= 11 is 6.99. The minimum atomic E-state index is -1.39. The highest BCUT2D eigenvalue weighted by Gasteiger charge is 2.09. The number of allylic oxidation sites excluding steroid dienone is 1. The standard InChI is InChI=1S/C17H22Br2OSi/c1-5-6-12-20-15-9-7-14(8-10-15)16(17(18)19)11-13-21(2,3)4/h7-10H,5-6,12H2,1-4H3. The van der Waals surface area contributed by atoms with Crippen molar-refractivity contribution in [3.8, 4) is 17.2 Å². The monoisotopic (exact) mass is 428 g/mol. The molecule has 0 fully saturated rings. The van der Waals surface area contributed by atoms with Crippen LogP contribution in [0.5, 0.6) is 5.75 Å². The third-order valence-corrected chi connectivity index (χ3v) is 4.33. The summed E-state index contributed by atoms with van der Waals surface area (Å²) in [5.74, 6) is 4.22. The lowest BCUT2D eigenvalue weighted by atomic mass is 10.1. The van der Waals surface area contributed by atoms with E-state index in [0.29, 0.717) is 0 Å². The van der Waals surface area contributed by atoms with Crippen molar-refractivity contribution in [2.75, 3.05) is 6.61 Å². The Morgan fingerprint density at radius 3 is 2.24 bits per heavy atom. The second kappa shape index (κ2) is 8.82. The molecule has 0 aliphatic carbocycles. The summed E-state index contributed by atoms with van der Waals surface area (Å²) in [6.45, 7) is 9.66. The molecule has 1 rings (SSSR count). The highest BCUT2D eigenvalue weighted by Crippen LogP contribution is 2.28. The molecular formula is C17H22Br2OSi. The predicted molar refractivity (Wildman–Crippen MR) is 103 cm³/mol. The Balaban J connectivity index is 2.91. The largest absolute Gasteiger partial charge is 0.494 e. The van der Waals surface area contributed by atoms with Gasteiger partial charge in [0.1, 0.15) is 13.8 Å². The second-order valence-corrected chi connectivity index (χ2v) is 13.3. The molecule has 0 unspecified atom stereocenters. The van der Waals surface area contributed by atoms with Gasteiger partial charge in [-0.2, -0.15) is 0 Å². The number of unbranched alkanes of at least 4 members (excludes halogenated alkanes) is 1. The number of ether oxygens (including phenoxy) is 1. The molecule has 0 amide bonds. The SMILES string of the molecule is CCCCOc1ccc(C(C#C[Si](C)(C)C)=C(Br)Br)cc1. The lowest BCUT2D eigenvalue weighted by molar-refractivity contribution is 0.309. The molecule has 21 heavy (non-hydrogen) atoms. The van der Waals surface area contributed by atoms with E-state index < -0.39 is 8.07 Å². The maximum atomic E-state index is 5.69. The maximum Gasteiger partial charge on any atom is 0.129 e. The Bertz CT molecular complexity index is 541. The van der Waals surface area contributed by atoms with Crippen molar-refractivity contribution >= 4 is 45.5 Å². The van der Waals surface area contributed by atoms with Crippen LogP contribution in [0.4, 0.5) is 0 Å². The minimum absolute atomic E-state index is 0.774. The van der Waals surface area contributed by atoms with Gasteiger partial charge in [0.05, 0.1) is 15.6 Å². The van der Waals surface area contributed by atoms with Crippen molar-refractivity contribution in [1.82, 2.24) is 0 Å². The van der Waals surface area contributed by atoms with E-state index in [0.717, 1.165) is 39.7 Å². The van der Waals surface area contributed by atoms with Gasteiger partial charge in [-0.05, 0) is 68.1 Å². The van der Waals surface area contributed by atoms with Crippen LogP contribution in [0.15, 0.2) is 27.7 Å². The summed E-state index contributed by atoms with van der Waals surface area (Å²) in [6.07, 6.45) is 2.23. The second-order valence-electron chi connectivity index (χ2n) is 5.86. The van der Waals surface area contributed by atoms with Gasteiger partial charge in [-0.15, -0.1) is 5.54 Å². The van der Waals surface area contributed by atoms with Gasteiger partial charge in [0.2, 0.25) is 0 Å². The summed E-state index contributed by atoms with van der Waals surface area (Å²) in [6, 6.07) is 8.12. The molecule has 0 saturated heterocycles. The zero-order chi connectivity index (χ0) is 15.9. The fourth-order valence-corrected chi connectivity index (χ4v) is 2.69. The number of halogens is 2. The van der Waals surface area contributed by atoms with E-state index in [1.165, 1.54) is 0 Å². The first kappa shape index (κ1) is 18.5. The summed E-state index contributed by atoms with van der Waals surface area (Å²) in [5, 5.41) is 0. The molecule has 1 aromatic carbocycles. The zero-order valence-corrected chi connectivity index (χ0v) is 17.3. The van der Waals surface area contributed by atoms with Crippen LogP contribution in [-0.4, -0.2) is 14.7 Å². The van der Waals surface area contributed by atoms with Gasteiger partial charge in [-0.1, -0.05) is 38.9 Å². The van der Waals surface area contributed by atoms with Crippen molar-refractivity contribution in [1.29, 1.82) is 0 Å². The molecule has 0 N–H and O–H groups in total. The summed E-state index contributed by atoms with van der Waals surface area (Å²) in [5.41, 5.74) is 5.47. The molecule has 0 radical (unpaired) electrons. The molecule has 0 bridgehead atoms. The van der Waals surface area contributed by atoms with Gasteiger partial charge in [0.15, 0.2) is 0 Å². The molecule has 0 atom stereocenters. The van der Waals surface area contributed by atoms with E-state index in [9.17, 15) is 0 Å². The Morgan fingerprint density at radius 1 is 1.14 bits per heavy atom. The number of hydrogen-bond acceptors (Lipinski definition) is 1. The van der Waals surface area contributed by atoms with E-state index >= 15 is 0 Å². The molecule has 0 aromatic heterocycles. The normalized spacial score (nSPS) is 10.6. The molecule has 114 valence electrons. The van der Waals surface area contributed by atoms with Gasteiger partial charge < -0.3 is 4.74 Å². The Hall–Kier alpha value is -0.503. The number of rotatable bonds is 5. The highest BCUT2D eigenvalue weighted by atomic mass is 79.9. The van der Waals surface area contributed by atoms with Crippen LogP contribution in [0.3, 0.4) is 0 Å². The first-order valence-corrected chi connectivity index (χ1v) is 12.2. The van der Waals surface area contributed by atoms with E-state index in [2.05, 4.69) is 82.0 Å². The molecule has 1 aromatic rings. The van der Waals surface area contributed by atoms with Crippen LogP contribution in [0.1, 0.15) is 25.3 Å². The van der Waals surface area contributed by atoms with E-state index in [4.69, 9.17) is 4.74 Å². The van der Waals surface area contributed by atoms with Crippen molar-refractivity contribution in [2.24, 2.45) is 0 Å². The predicted octanol–water partition coefficient (Wildman–Crippen LogP) is 6.20. The Kier molecular flexibility index (Phi) is 7.79. The van der Waals surface area contributed by atoms with Crippen LogP contribution in [0, 0.1) is 11.5 Å². The fraction of sp³-hybridized carbons (Fsp3) is 0.412. The Labute approximate surface area is 146 Å². The molecular weight excluding hydrogens is 408 g/mol. The zero-order valence-electron chi connectivity index (χ0n) is 13.1. The van der Waals surface area contributed by atoms with Crippen LogP contribution < -0.4 is 4.74 Å². The lowest BCUT2D eigenvalue weighted by Gasteiger charge is -2.08. The molecule has 0 aliphatic rings. The fourth-order valence-electron chi connectivity index (χ4n) is 1.53. The third kappa shape index (κ3) is 7.35. The number of benzene rings is 1. The van der Waals surface area contributed by atoms with E-state index in [1.54, 1.807) is 0 Å². The maximum absolute atomic E-state index is 5.69. The summed E-state index contributed by atoms with van der Waals surface area (Å²) < 4.78 is 6.58. The molecule has 0 saturated carbocycles. The van der Waals surface area contributed by atoms with Gasteiger partial charge in [-0.3, -0.25) is 0 Å². The van der Waals surface area contributed by atoms with E-state index in [-0.39, 0.29) is 0 Å². The van der Waals surface area contributed by atoms with E-state index in [1.807, 2.05) is 12.1 Å². The topological polar surface area (TPSA) is 9.23 Å². The molecule has 0 aliphatic heterocycles. The first-order chi connectivity index (χ1) is 9.83. The van der Waals surface area contributed by atoms with Crippen LogP contribution in [-0.2, 0) is 0 Å². The average Bonchev–Trinajstić information content (AvgIpc) is 2.39. The van der Waals surface area contributed by atoms with Gasteiger partial charge in [-0.25, -0.2) is 0 Å². The molecule has 0 heterocycles. The van der Waals surface area contributed by atoms with Crippen LogP contribution in [0.25, 0.3) is 5.57 Å². The molecule has 0 spiro atoms. The quantitative estimate of drug-likeness (QED) is 0.307. The number of hydrogen-bond donors (Lipinski definition) is 0. The smallest absolute Gasteiger partial charge is 0.129 e. The van der Waals surface area contributed by atoms with Crippen LogP contribution >= 0.6 is 31.9 Å². The molecule has 4 heteroatoms. The van der Waals surface area contributed by atoms with Crippen molar-refractivity contribution in [2.45, 2.75) is 39.4 Å². The third-order valence-electron chi connectivity index (χ3n) is 2.66. The van der Waals surface area contributed by atoms with Crippen molar-refractivity contribution < 1.29 is 4.74 Å². The van der Waals surface area contributed by atoms with Crippen molar-refractivity contribution in [3.63, 3.8) is 0 Å². The lowest BCUT2D eigenvalue weighted by Crippen LogP contribution is -2.16. The van der Waals surface area contributed by atoms with Crippen LogP contribution in [0.2, 0.25) is 19.6 Å². The van der Waals surface area contributed by atoms with Gasteiger partial charge in [0.25, 0.3) is 0 Å². The first-order valence-electron chi connectivity index (χ1n) is 7.15. The minimum Gasteiger partial charge on any atom is -0.494 e.